The fourth-order valence-corrected chi connectivity index (χ4v) is 7.61. The maximum Gasteiger partial charge on any atom is 0.347 e. The second-order valence-corrected chi connectivity index (χ2v) is 14.0. The molecular formula is C40H39BrO11. The van der Waals surface area contributed by atoms with E-state index < -0.39 is 35.5 Å². The summed E-state index contributed by atoms with van der Waals surface area (Å²) in [5, 5.41) is 21.0. The predicted molar refractivity (Wildman–Crippen MR) is 194 cm³/mol. The van der Waals surface area contributed by atoms with Crippen molar-refractivity contribution in [2.75, 3.05) is 7.11 Å². The third-order valence-corrected chi connectivity index (χ3v) is 10.9. The lowest BCUT2D eigenvalue weighted by atomic mass is 9.92. The first-order valence-corrected chi connectivity index (χ1v) is 17.3. The molecule has 5 rings (SSSR count). The number of carboxylic acids is 1. The van der Waals surface area contributed by atoms with E-state index in [-0.39, 0.29) is 38.6 Å². The molecule has 0 saturated heterocycles. The number of ether oxygens (including phenoxy) is 4. The van der Waals surface area contributed by atoms with Gasteiger partial charge in [0.25, 0.3) is 0 Å². The van der Waals surface area contributed by atoms with Gasteiger partial charge in [-0.25, -0.2) is 14.4 Å². The molecule has 2 aliphatic carbocycles. The van der Waals surface area contributed by atoms with Crippen molar-refractivity contribution in [3.63, 3.8) is 0 Å². The van der Waals surface area contributed by atoms with Crippen LogP contribution in [0.5, 0.6) is 23.0 Å². The zero-order valence-electron chi connectivity index (χ0n) is 30.4. The molecule has 2 aliphatic rings. The number of hydrogen-bond donors (Lipinski definition) is 2. The topological polar surface area (TPSA) is 163 Å². The van der Waals surface area contributed by atoms with Crippen molar-refractivity contribution in [3.05, 3.63) is 101 Å². The standard InChI is InChI=1S/C40H39BrO11/c1-16-13-24(42)15-28(49-9)30(16)39(47)52-36-23(8)20(5)32(34(43)33(36)41)40(48)50-27-14-17(2)29(26-12-10-11-25(26)27)38(46)51-35-21(6)18(3)31(37(44)45)19(4)22(35)7/h13-15,30,43H,10-12H2,1-9H3,(H,44,45). The van der Waals surface area contributed by atoms with Gasteiger partial charge in [-0.05, 0) is 158 Å². The van der Waals surface area contributed by atoms with Crippen LogP contribution < -0.4 is 14.2 Å². The van der Waals surface area contributed by atoms with Crippen LogP contribution in [0.25, 0.3) is 0 Å². The highest BCUT2D eigenvalue weighted by Gasteiger charge is 2.35. The van der Waals surface area contributed by atoms with E-state index in [9.17, 15) is 34.2 Å². The fourth-order valence-electron chi connectivity index (χ4n) is 7.03. The molecule has 0 saturated carbocycles. The van der Waals surface area contributed by atoms with Crippen LogP contribution in [-0.2, 0) is 27.2 Å². The molecule has 12 heteroatoms. The monoisotopic (exact) mass is 774 g/mol. The second-order valence-electron chi connectivity index (χ2n) is 13.2. The van der Waals surface area contributed by atoms with Gasteiger partial charge in [0.15, 0.2) is 11.5 Å². The van der Waals surface area contributed by atoms with Gasteiger partial charge in [-0.2, -0.15) is 0 Å². The lowest BCUT2D eigenvalue weighted by Gasteiger charge is -2.23. The van der Waals surface area contributed by atoms with Crippen LogP contribution >= 0.6 is 15.9 Å². The molecule has 0 spiro atoms. The Morgan fingerprint density at radius 1 is 0.731 bits per heavy atom. The number of rotatable bonds is 8. The maximum atomic E-state index is 13.8. The highest BCUT2D eigenvalue weighted by atomic mass is 79.9. The minimum absolute atomic E-state index is 0.00948. The number of phenolic OH excluding ortho intramolecular Hbond substituents is 1. The van der Waals surface area contributed by atoms with Gasteiger partial charge in [-0.3, -0.25) is 9.59 Å². The SMILES string of the molecule is COC1=CC(=O)C=C(C)C1C(=O)Oc1c(C)c(C)c(C(=O)Oc2cc(C)c(C(=O)Oc3c(C)c(C)c(C(=O)O)c(C)c3C)c3c2CCC3)c(O)c1Br. The first-order chi connectivity index (χ1) is 24.4. The number of methoxy groups -OCH3 is 1. The molecule has 0 amide bonds. The summed E-state index contributed by atoms with van der Waals surface area (Å²) in [4.78, 5) is 64.7. The van der Waals surface area contributed by atoms with Crippen molar-refractivity contribution in [2.45, 2.75) is 74.7 Å². The molecule has 0 radical (unpaired) electrons. The molecule has 0 aromatic heterocycles. The van der Waals surface area contributed by atoms with E-state index in [0.29, 0.717) is 86.2 Å². The Morgan fingerprint density at radius 2 is 1.29 bits per heavy atom. The number of ketones is 1. The third-order valence-electron chi connectivity index (χ3n) is 10.1. The Balaban J connectivity index is 1.45. The molecule has 272 valence electrons. The van der Waals surface area contributed by atoms with Gasteiger partial charge in [-0.1, -0.05) is 0 Å². The number of fused-ring (bicyclic) bond motifs is 1. The molecule has 0 fully saturated rings. The largest absolute Gasteiger partial charge is 0.506 e. The van der Waals surface area contributed by atoms with E-state index >= 15 is 0 Å². The molecule has 1 unspecified atom stereocenters. The van der Waals surface area contributed by atoms with E-state index in [1.165, 1.54) is 19.3 Å². The average Bonchev–Trinajstić information content (AvgIpc) is 3.56. The van der Waals surface area contributed by atoms with E-state index in [4.69, 9.17) is 18.9 Å². The van der Waals surface area contributed by atoms with Crippen LogP contribution in [0.3, 0.4) is 0 Å². The highest BCUT2D eigenvalue weighted by Crippen LogP contribution is 2.44. The van der Waals surface area contributed by atoms with Gasteiger partial charge in [0.1, 0.15) is 39.0 Å². The molecule has 3 aromatic carbocycles. The molecular weight excluding hydrogens is 736 g/mol. The van der Waals surface area contributed by atoms with Crippen LogP contribution in [0.1, 0.15) is 94.5 Å². The van der Waals surface area contributed by atoms with Crippen LogP contribution in [0.4, 0.5) is 0 Å². The Hall–Kier alpha value is -5.23. The van der Waals surface area contributed by atoms with Crippen molar-refractivity contribution in [1.29, 1.82) is 0 Å². The van der Waals surface area contributed by atoms with Crippen LogP contribution in [0, 0.1) is 54.4 Å². The van der Waals surface area contributed by atoms with Crippen molar-refractivity contribution >= 4 is 45.6 Å². The minimum atomic E-state index is -1.05. The molecule has 2 N–H and O–H groups in total. The number of esters is 3. The number of aryl methyl sites for hydroxylation is 1. The molecule has 1 atom stereocenters. The number of carbonyl (C=O) groups is 5. The van der Waals surface area contributed by atoms with E-state index in [1.807, 2.05) is 0 Å². The molecule has 3 aromatic rings. The van der Waals surface area contributed by atoms with Crippen LogP contribution in [0.15, 0.2) is 34.0 Å². The number of phenols is 1. The van der Waals surface area contributed by atoms with Crippen LogP contribution in [0.2, 0.25) is 0 Å². The van der Waals surface area contributed by atoms with E-state index in [2.05, 4.69) is 15.9 Å². The Morgan fingerprint density at radius 3 is 1.88 bits per heavy atom. The number of aromatic carboxylic acids is 1. The van der Waals surface area contributed by atoms with Gasteiger partial charge in [0.2, 0.25) is 0 Å². The number of carbonyl (C=O) groups excluding carboxylic acids is 4. The van der Waals surface area contributed by atoms with Crippen LogP contribution in [-0.4, -0.2) is 47.0 Å². The van der Waals surface area contributed by atoms with E-state index in [0.717, 1.165) is 0 Å². The Kier molecular flexibility index (Phi) is 10.5. The summed E-state index contributed by atoms with van der Waals surface area (Å²) >= 11 is 3.29. The first-order valence-electron chi connectivity index (χ1n) is 16.5. The number of halogens is 1. The number of aromatic hydroxyl groups is 1. The normalized spacial score (nSPS) is 15.0. The summed E-state index contributed by atoms with van der Waals surface area (Å²) in [6.45, 7) is 13.3. The fraction of sp³-hybridized carbons (Fsp3) is 0.325. The number of allylic oxidation sites excluding steroid dienone is 2. The summed E-state index contributed by atoms with van der Waals surface area (Å²) < 4.78 is 22.8. The Bertz CT molecular complexity index is 2130. The van der Waals surface area contributed by atoms with Gasteiger partial charge < -0.3 is 29.2 Å². The third kappa shape index (κ3) is 6.51. The number of carboxylic acid groups (broad SMARTS) is 1. The average molecular weight is 776 g/mol. The van der Waals surface area contributed by atoms with Crippen molar-refractivity contribution in [1.82, 2.24) is 0 Å². The second kappa shape index (κ2) is 14.4. The highest BCUT2D eigenvalue weighted by molar-refractivity contribution is 9.10. The summed E-state index contributed by atoms with van der Waals surface area (Å²) in [6.07, 6.45) is 4.30. The zero-order valence-corrected chi connectivity index (χ0v) is 32.0. The number of benzene rings is 3. The number of hydrogen-bond acceptors (Lipinski definition) is 10. The minimum Gasteiger partial charge on any atom is -0.506 e. The lowest BCUT2D eigenvalue weighted by molar-refractivity contribution is -0.137. The molecule has 52 heavy (non-hydrogen) atoms. The van der Waals surface area contributed by atoms with Crippen molar-refractivity contribution in [2.24, 2.45) is 5.92 Å². The van der Waals surface area contributed by atoms with Gasteiger partial charge in [0, 0.05) is 6.08 Å². The van der Waals surface area contributed by atoms with Gasteiger partial charge >= 0.3 is 23.9 Å². The first kappa shape index (κ1) is 38.0. The molecule has 0 aliphatic heterocycles. The van der Waals surface area contributed by atoms with Gasteiger partial charge in [-0.15, -0.1) is 0 Å². The summed E-state index contributed by atoms with van der Waals surface area (Å²) in [6, 6.07) is 1.60. The smallest absolute Gasteiger partial charge is 0.347 e. The van der Waals surface area contributed by atoms with E-state index in [1.54, 1.807) is 61.5 Å². The summed E-state index contributed by atoms with van der Waals surface area (Å²) in [7, 11) is 1.35. The van der Waals surface area contributed by atoms with Crippen molar-refractivity contribution in [3.8, 4) is 23.0 Å². The molecule has 11 nitrogen and oxygen atoms in total. The zero-order chi connectivity index (χ0) is 38.5. The predicted octanol–water partition coefficient (Wildman–Crippen LogP) is 7.52. The summed E-state index contributed by atoms with van der Waals surface area (Å²) in [5.74, 6) is -4.38. The Labute approximate surface area is 309 Å². The summed E-state index contributed by atoms with van der Waals surface area (Å²) in [5.41, 5.74) is 5.52. The van der Waals surface area contributed by atoms with Crippen molar-refractivity contribution < 1.29 is 53.1 Å². The van der Waals surface area contributed by atoms with Gasteiger partial charge in [0.05, 0.1) is 18.2 Å². The lowest BCUT2D eigenvalue weighted by Crippen LogP contribution is -2.28. The molecule has 0 bridgehead atoms. The maximum absolute atomic E-state index is 13.8. The quantitative estimate of drug-likeness (QED) is 0.172. The molecule has 0 heterocycles.